The lowest BCUT2D eigenvalue weighted by Crippen LogP contribution is -2.24. The van der Waals surface area contributed by atoms with Crippen LogP contribution in [0.2, 0.25) is 0 Å². The Bertz CT molecular complexity index is 1240. The Hall–Kier alpha value is -3.66. The molecule has 7 nitrogen and oxygen atoms in total. The number of hydrogen-bond acceptors (Lipinski definition) is 6. The van der Waals surface area contributed by atoms with Gasteiger partial charge in [-0.05, 0) is 43.3 Å². The molecule has 2 aromatic heterocycles. The third-order valence-electron chi connectivity index (χ3n) is 4.80. The minimum Gasteiger partial charge on any atom is -0.497 e. The van der Waals surface area contributed by atoms with E-state index in [9.17, 15) is 13.6 Å². The molecule has 1 atom stereocenters. The number of hydrogen-bond donors (Lipinski definition) is 1. The summed E-state index contributed by atoms with van der Waals surface area (Å²) in [7, 11) is 1.58. The Morgan fingerprint density at radius 1 is 1.15 bits per heavy atom. The van der Waals surface area contributed by atoms with Crippen molar-refractivity contribution in [1.29, 1.82) is 0 Å². The molecular formula is C23H20F2N4O3S. The molecule has 0 saturated heterocycles. The van der Waals surface area contributed by atoms with Gasteiger partial charge >= 0.3 is 0 Å². The van der Waals surface area contributed by atoms with E-state index in [0.29, 0.717) is 29.0 Å². The number of amides is 1. The van der Waals surface area contributed by atoms with Crippen molar-refractivity contribution in [2.24, 2.45) is 0 Å². The van der Waals surface area contributed by atoms with E-state index in [1.165, 1.54) is 6.07 Å². The predicted octanol–water partition coefficient (Wildman–Crippen LogP) is 4.99. The lowest BCUT2D eigenvalue weighted by molar-refractivity contribution is -0.115. The van der Waals surface area contributed by atoms with E-state index in [0.717, 1.165) is 29.5 Å². The second-order valence-corrected chi connectivity index (χ2v) is 8.36. The highest BCUT2D eigenvalue weighted by molar-refractivity contribution is 8.00. The standard InChI is InChI=1S/C23H20F2N4O3S/c1-14(22(30)26-20-18(24)9-4-10-19(20)25)33-23-28-27-21(15-6-3-7-16(12-15)31-2)29(23)13-17-8-5-11-32-17/h3-12,14H,13H2,1-2H3,(H,26,30). The molecule has 4 rings (SSSR count). The fourth-order valence-corrected chi connectivity index (χ4v) is 3.95. The van der Waals surface area contributed by atoms with Crippen molar-refractivity contribution in [3.8, 4) is 17.1 Å². The minimum absolute atomic E-state index is 0.325. The van der Waals surface area contributed by atoms with E-state index < -0.39 is 28.5 Å². The minimum atomic E-state index is -0.846. The quantitative estimate of drug-likeness (QED) is 0.365. The summed E-state index contributed by atoms with van der Waals surface area (Å²) in [6.07, 6.45) is 1.57. The summed E-state index contributed by atoms with van der Waals surface area (Å²) in [5.74, 6) is -0.371. The van der Waals surface area contributed by atoms with Crippen LogP contribution in [0.15, 0.2) is 70.4 Å². The van der Waals surface area contributed by atoms with Crippen molar-refractivity contribution in [2.75, 3.05) is 12.4 Å². The van der Waals surface area contributed by atoms with Crippen molar-refractivity contribution in [3.05, 3.63) is 78.3 Å². The van der Waals surface area contributed by atoms with Crippen molar-refractivity contribution >= 4 is 23.4 Å². The highest BCUT2D eigenvalue weighted by Gasteiger charge is 2.23. The summed E-state index contributed by atoms with van der Waals surface area (Å²) in [4.78, 5) is 12.7. The van der Waals surface area contributed by atoms with Crippen molar-refractivity contribution < 1.29 is 22.7 Å². The molecule has 10 heteroatoms. The number of anilines is 1. The number of carbonyl (C=O) groups excluding carboxylic acids is 1. The predicted molar refractivity (Wildman–Crippen MR) is 120 cm³/mol. The summed E-state index contributed by atoms with van der Waals surface area (Å²) in [5.41, 5.74) is 0.287. The molecule has 1 amide bonds. The first-order valence-electron chi connectivity index (χ1n) is 9.98. The summed E-state index contributed by atoms with van der Waals surface area (Å²) < 4.78 is 40.4. The molecule has 4 aromatic rings. The fraction of sp³-hybridized carbons (Fsp3) is 0.174. The number of methoxy groups -OCH3 is 1. The van der Waals surface area contributed by atoms with Crippen LogP contribution in [0.25, 0.3) is 11.4 Å². The highest BCUT2D eigenvalue weighted by Crippen LogP contribution is 2.30. The number of ether oxygens (including phenoxy) is 1. The van der Waals surface area contributed by atoms with Gasteiger partial charge < -0.3 is 14.5 Å². The van der Waals surface area contributed by atoms with Crippen LogP contribution < -0.4 is 10.1 Å². The zero-order valence-corrected chi connectivity index (χ0v) is 18.6. The molecule has 170 valence electrons. The fourth-order valence-electron chi connectivity index (χ4n) is 3.11. The van der Waals surface area contributed by atoms with Gasteiger partial charge in [-0.1, -0.05) is 30.0 Å². The Morgan fingerprint density at radius 2 is 1.91 bits per heavy atom. The second kappa shape index (κ2) is 9.86. The molecule has 0 aliphatic carbocycles. The van der Waals surface area contributed by atoms with Gasteiger partial charge in [0.25, 0.3) is 0 Å². The van der Waals surface area contributed by atoms with Crippen LogP contribution >= 0.6 is 11.8 Å². The Morgan fingerprint density at radius 3 is 2.61 bits per heavy atom. The van der Waals surface area contributed by atoms with Gasteiger partial charge in [0.1, 0.15) is 28.8 Å². The van der Waals surface area contributed by atoms with Crippen molar-refractivity contribution in [3.63, 3.8) is 0 Å². The Kier molecular flexibility index (Phi) is 6.74. The molecule has 1 N–H and O–H groups in total. The monoisotopic (exact) mass is 470 g/mol. The van der Waals surface area contributed by atoms with Gasteiger partial charge in [-0.25, -0.2) is 8.78 Å². The van der Waals surface area contributed by atoms with Crippen molar-refractivity contribution in [1.82, 2.24) is 14.8 Å². The van der Waals surface area contributed by atoms with Gasteiger partial charge in [0, 0.05) is 5.56 Å². The average Bonchev–Trinajstić information content (AvgIpc) is 3.47. The third-order valence-corrected chi connectivity index (χ3v) is 5.88. The zero-order chi connectivity index (χ0) is 23.4. The Balaban J connectivity index is 1.61. The molecule has 0 fully saturated rings. The van der Waals surface area contributed by atoms with Crippen LogP contribution in [0.4, 0.5) is 14.5 Å². The molecular weight excluding hydrogens is 450 g/mol. The summed E-state index contributed by atoms with van der Waals surface area (Å²) in [6.45, 7) is 1.95. The average molecular weight is 471 g/mol. The maximum atomic E-state index is 13.9. The Labute approximate surface area is 192 Å². The highest BCUT2D eigenvalue weighted by atomic mass is 32.2. The SMILES string of the molecule is COc1cccc(-c2nnc(SC(C)C(=O)Nc3c(F)cccc3F)n2Cc2ccco2)c1. The first-order valence-corrected chi connectivity index (χ1v) is 10.9. The number of rotatable bonds is 8. The number of nitrogens with one attached hydrogen (secondary N) is 1. The molecule has 0 bridgehead atoms. The van der Waals surface area contributed by atoms with Gasteiger partial charge in [0.15, 0.2) is 11.0 Å². The van der Waals surface area contributed by atoms with Crippen LogP contribution in [0.5, 0.6) is 5.75 Å². The van der Waals surface area contributed by atoms with E-state index in [1.807, 2.05) is 34.9 Å². The van der Waals surface area contributed by atoms with E-state index in [-0.39, 0.29) is 0 Å². The number of benzene rings is 2. The van der Waals surface area contributed by atoms with E-state index >= 15 is 0 Å². The topological polar surface area (TPSA) is 82.2 Å². The lowest BCUT2D eigenvalue weighted by atomic mass is 10.2. The molecule has 0 saturated carbocycles. The molecule has 1 unspecified atom stereocenters. The molecule has 2 aromatic carbocycles. The van der Waals surface area contributed by atoms with E-state index in [4.69, 9.17) is 9.15 Å². The summed E-state index contributed by atoms with van der Waals surface area (Å²) in [5, 5.41) is 10.6. The van der Waals surface area contributed by atoms with E-state index in [2.05, 4.69) is 15.5 Å². The molecule has 33 heavy (non-hydrogen) atoms. The molecule has 2 heterocycles. The third kappa shape index (κ3) is 5.06. The van der Waals surface area contributed by atoms with Gasteiger partial charge in [-0.15, -0.1) is 10.2 Å². The first kappa shape index (κ1) is 22.5. The van der Waals surface area contributed by atoms with Crippen LogP contribution in [-0.2, 0) is 11.3 Å². The number of nitrogens with zero attached hydrogens (tertiary/aromatic N) is 3. The number of halogens is 2. The lowest BCUT2D eigenvalue weighted by Gasteiger charge is -2.14. The number of thioether (sulfide) groups is 1. The van der Waals surface area contributed by atoms with Crippen LogP contribution in [0, 0.1) is 11.6 Å². The second-order valence-electron chi connectivity index (χ2n) is 7.05. The molecule has 0 radical (unpaired) electrons. The van der Waals surface area contributed by atoms with Gasteiger partial charge in [-0.2, -0.15) is 0 Å². The van der Waals surface area contributed by atoms with Gasteiger partial charge in [0.2, 0.25) is 5.91 Å². The van der Waals surface area contributed by atoms with E-state index in [1.54, 1.807) is 26.4 Å². The number of furan rings is 1. The number of aromatic nitrogens is 3. The van der Waals surface area contributed by atoms with Gasteiger partial charge in [-0.3, -0.25) is 9.36 Å². The molecule has 0 aliphatic heterocycles. The maximum Gasteiger partial charge on any atom is 0.237 e. The number of para-hydroxylation sites is 1. The largest absolute Gasteiger partial charge is 0.497 e. The zero-order valence-electron chi connectivity index (χ0n) is 17.8. The van der Waals surface area contributed by atoms with Crippen molar-refractivity contribution in [2.45, 2.75) is 23.9 Å². The maximum absolute atomic E-state index is 13.9. The number of carbonyl (C=O) groups is 1. The van der Waals surface area contributed by atoms with Crippen LogP contribution in [0.3, 0.4) is 0 Å². The normalized spacial score (nSPS) is 11.9. The summed E-state index contributed by atoms with van der Waals surface area (Å²) >= 11 is 1.12. The molecule has 0 aliphatic rings. The first-order chi connectivity index (χ1) is 16.0. The summed E-state index contributed by atoms with van der Waals surface area (Å²) in [6, 6.07) is 14.3. The smallest absolute Gasteiger partial charge is 0.237 e. The van der Waals surface area contributed by atoms with Crippen LogP contribution in [0.1, 0.15) is 12.7 Å². The van der Waals surface area contributed by atoms with Gasteiger partial charge in [0.05, 0.1) is 25.2 Å². The van der Waals surface area contributed by atoms with Crippen LogP contribution in [-0.4, -0.2) is 33.0 Å². The molecule has 0 spiro atoms.